The van der Waals surface area contributed by atoms with Crippen molar-refractivity contribution in [2.45, 2.75) is 7.43 Å². The van der Waals surface area contributed by atoms with Crippen LogP contribution in [0.1, 0.15) is 7.43 Å². The maximum atomic E-state index is 3.76. The lowest BCUT2D eigenvalue weighted by molar-refractivity contribution is 1.61. The Balaban J connectivity index is 0. The topological polar surface area (TPSA) is 0 Å². The molecule has 0 aromatic rings. The molecule has 0 spiro atoms. The minimum atomic E-state index is 0. The highest BCUT2D eigenvalue weighted by molar-refractivity contribution is 5.42. The Morgan fingerprint density at radius 3 is 1.91 bits per heavy atom. The van der Waals surface area contributed by atoms with Crippen LogP contribution in [0.25, 0.3) is 0 Å². The fraction of sp³-hybridized carbons (Fsp3) is 0.0909. The van der Waals surface area contributed by atoms with Gasteiger partial charge in [-0.3, -0.25) is 0 Å². The highest BCUT2D eigenvalue weighted by Gasteiger charge is 1.86. The van der Waals surface area contributed by atoms with Gasteiger partial charge in [-0.05, 0) is 11.1 Å². The molecule has 11 heavy (non-hydrogen) atoms. The van der Waals surface area contributed by atoms with Crippen molar-refractivity contribution in [3.8, 4) is 0 Å². The minimum absolute atomic E-state index is 0. The van der Waals surface area contributed by atoms with Crippen LogP contribution in [0.2, 0.25) is 0 Å². The normalized spacial score (nSPS) is 8.36. The molecule has 0 aromatic carbocycles. The lowest BCUT2D eigenvalue weighted by Crippen LogP contribution is -1.74. The lowest BCUT2D eigenvalue weighted by Gasteiger charge is -1.94. The van der Waals surface area contributed by atoms with Crippen molar-refractivity contribution < 1.29 is 0 Å². The van der Waals surface area contributed by atoms with Crippen LogP contribution in [0, 0.1) is 0 Å². The second kappa shape index (κ2) is 6.81. The number of hydrogen-bond acceptors (Lipinski definition) is 0. The van der Waals surface area contributed by atoms with Gasteiger partial charge in [0.15, 0.2) is 0 Å². The van der Waals surface area contributed by atoms with Gasteiger partial charge >= 0.3 is 0 Å². The molecule has 0 N–H and O–H groups in total. The van der Waals surface area contributed by atoms with E-state index in [1.54, 1.807) is 12.2 Å². The van der Waals surface area contributed by atoms with Gasteiger partial charge in [0.2, 0.25) is 0 Å². The van der Waals surface area contributed by atoms with Gasteiger partial charge in [-0.15, -0.1) is 0 Å². The monoisotopic (exact) mass is 148 g/mol. The Morgan fingerprint density at radius 2 is 1.55 bits per heavy atom. The summed E-state index contributed by atoms with van der Waals surface area (Å²) in [6.45, 7) is 14.6. The van der Waals surface area contributed by atoms with Gasteiger partial charge in [-0.25, -0.2) is 0 Å². The molecule has 0 rings (SSSR count). The van der Waals surface area contributed by atoms with Crippen molar-refractivity contribution in [1.82, 2.24) is 0 Å². The van der Waals surface area contributed by atoms with Crippen LogP contribution >= 0.6 is 0 Å². The standard InChI is InChI=1S/C10H12.CH4/c1-5-7-8-10(4)9(3)6-2;/h5-8H,1-4H2;1H4/b8-7-;. The Bertz CT molecular complexity index is 192. The van der Waals surface area contributed by atoms with Crippen LogP contribution in [0.5, 0.6) is 0 Å². The average Bonchev–Trinajstić information content (AvgIpc) is 1.98. The van der Waals surface area contributed by atoms with Crippen molar-refractivity contribution in [1.29, 1.82) is 0 Å². The van der Waals surface area contributed by atoms with Crippen LogP contribution in [0.4, 0.5) is 0 Å². The second-order valence-electron chi connectivity index (χ2n) is 1.85. The molecule has 0 saturated carbocycles. The summed E-state index contributed by atoms with van der Waals surface area (Å²) in [4.78, 5) is 0. The summed E-state index contributed by atoms with van der Waals surface area (Å²) in [5.41, 5.74) is 1.72. The first kappa shape index (κ1) is 12.4. The molecule has 0 heterocycles. The van der Waals surface area contributed by atoms with E-state index in [9.17, 15) is 0 Å². The van der Waals surface area contributed by atoms with Crippen molar-refractivity contribution >= 4 is 0 Å². The molecule has 0 aliphatic carbocycles. The Morgan fingerprint density at radius 1 is 1.00 bits per heavy atom. The van der Waals surface area contributed by atoms with Crippen LogP contribution in [0.15, 0.2) is 61.8 Å². The first-order valence-corrected chi connectivity index (χ1v) is 3.02. The maximum absolute atomic E-state index is 3.76. The fourth-order valence-corrected chi connectivity index (χ4v) is 0.422. The fourth-order valence-electron chi connectivity index (χ4n) is 0.422. The van der Waals surface area contributed by atoms with Gasteiger partial charge < -0.3 is 0 Å². The Labute approximate surface area is 69.9 Å². The molecule has 0 aromatic heterocycles. The van der Waals surface area contributed by atoms with Crippen molar-refractivity contribution in [3.05, 3.63) is 61.8 Å². The molecule has 0 bridgehead atoms. The summed E-state index contributed by atoms with van der Waals surface area (Å²) in [7, 11) is 0. The Hall–Kier alpha value is -1.30. The third-order valence-corrected chi connectivity index (χ3v) is 1.09. The molecule has 0 aliphatic heterocycles. The molecular weight excluding hydrogens is 132 g/mol. The smallest absolute Gasteiger partial charge is 0.0262 e. The van der Waals surface area contributed by atoms with Crippen molar-refractivity contribution in [2.24, 2.45) is 0 Å². The summed E-state index contributed by atoms with van der Waals surface area (Å²) in [6, 6.07) is 0. The molecule has 0 atom stereocenters. The third-order valence-electron chi connectivity index (χ3n) is 1.09. The van der Waals surface area contributed by atoms with E-state index < -0.39 is 0 Å². The van der Waals surface area contributed by atoms with Gasteiger partial charge in [0.1, 0.15) is 0 Å². The molecule has 0 unspecified atom stereocenters. The quantitative estimate of drug-likeness (QED) is 0.534. The molecule has 0 saturated heterocycles. The van der Waals surface area contributed by atoms with E-state index in [-0.39, 0.29) is 7.43 Å². The SMILES string of the molecule is C.C=C/C=C\C(=C)C(=C)C=C. The van der Waals surface area contributed by atoms with Gasteiger partial charge in [0, 0.05) is 0 Å². The summed E-state index contributed by atoms with van der Waals surface area (Å²) in [5.74, 6) is 0. The Kier molecular flexibility index (Phi) is 7.67. The maximum Gasteiger partial charge on any atom is -0.0262 e. The van der Waals surface area contributed by atoms with E-state index >= 15 is 0 Å². The molecule has 0 amide bonds. The van der Waals surface area contributed by atoms with E-state index in [0.29, 0.717) is 0 Å². The third kappa shape index (κ3) is 5.16. The zero-order chi connectivity index (χ0) is 7.98. The lowest BCUT2D eigenvalue weighted by atomic mass is 10.1. The molecule has 0 fully saturated rings. The van der Waals surface area contributed by atoms with E-state index in [0.717, 1.165) is 11.1 Å². The largest absolute Gasteiger partial charge is 0.0991 e. The average molecular weight is 148 g/mol. The van der Waals surface area contributed by atoms with Crippen molar-refractivity contribution in [2.75, 3.05) is 0 Å². The van der Waals surface area contributed by atoms with E-state index in [2.05, 4.69) is 26.3 Å². The zero-order valence-corrected chi connectivity index (χ0v) is 6.14. The van der Waals surface area contributed by atoms with Crippen LogP contribution in [-0.2, 0) is 0 Å². The van der Waals surface area contributed by atoms with Crippen LogP contribution < -0.4 is 0 Å². The summed E-state index contributed by atoms with van der Waals surface area (Å²) in [6.07, 6.45) is 7.03. The predicted octanol–water partition coefficient (Wildman–Crippen LogP) is 3.66. The van der Waals surface area contributed by atoms with Gasteiger partial charge in [-0.1, -0.05) is 58.0 Å². The molecular formula is C11H16. The first-order valence-electron chi connectivity index (χ1n) is 3.02. The highest BCUT2D eigenvalue weighted by Crippen LogP contribution is 2.06. The van der Waals surface area contributed by atoms with E-state index in [1.165, 1.54) is 0 Å². The molecule has 0 aliphatic rings. The van der Waals surface area contributed by atoms with Crippen LogP contribution in [-0.4, -0.2) is 0 Å². The predicted molar refractivity (Wildman–Crippen MR) is 54.5 cm³/mol. The molecule has 0 radical (unpaired) electrons. The summed E-state index contributed by atoms with van der Waals surface area (Å²) >= 11 is 0. The number of rotatable bonds is 4. The van der Waals surface area contributed by atoms with E-state index in [4.69, 9.17) is 0 Å². The summed E-state index contributed by atoms with van der Waals surface area (Å²) in [5, 5.41) is 0. The summed E-state index contributed by atoms with van der Waals surface area (Å²) < 4.78 is 0. The van der Waals surface area contributed by atoms with Crippen molar-refractivity contribution in [3.63, 3.8) is 0 Å². The number of hydrogen-bond donors (Lipinski definition) is 0. The van der Waals surface area contributed by atoms with Gasteiger partial charge in [0.25, 0.3) is 0 Å². The second-order valence-corrected chi connectivity index (χ2v) is 1.85. The minimum Gasteiger partial charge on any atom is -0.0991 e. The van der Waals surface area contributed by atoms with E-state index in [1.807, 2.05) is 12.2 Å². The molecule has 60 valence electrons. The zero-order valence-electron chi connectivity index (χ0n) is 6.14. The number of allylic oxidation sites excluding steroid dienone is 6. The highest BCUT2D eigenvalue weighted by atomic mass is 13.9. The van der Waals surface area contributed by atoms with Gasteiger partial charge in [0.05, 0.1) is 0 Å². The first-order chi connectivity index (χ1) is 4.72. The molecule has 0 nitrogen and oxygen atoms in total. The van der Waals surface area contributed by atoms with Gasteiger partial charge in [-0.2, -0.15) is 0 Å². The van der Waals surface area contributed by atoms with Crippen LogP contribution in [0.3, 0.4) is 0 Å². The molecule has 0 heteroatoms.